The van der Waals surface area contributed by atoms with E-state index in [4.69, 9.17) is 9.84 Å². The van der Waals surface area contributed by atoms with Crippen LogP contribution >= 0.6 is 0 Å². The molecule has 0 saturated carbocycles. The summed E-state index contributed by atoms with van der Waals surface area (Å²) in [6.45, 7) is 2.92. The van der Waals surface area contributed by atoms with Crippen molar-refractivity contribution in [2.75, 3.05) is 6.79 Å². The van der Waals surface area contributed by atoms with Crippen LogP contribution in [0.15, 0.2) is 43.0 Å². The van der Waals surface area contributed by atoms with Crippen molar-refractivity contribution in [3.05, 3.63) is 48.6 Å². The minimum atomic E-state index is -0.378. The largest absolute Gasteiger partial charge is 0.468 e. The van der Waals surface area contributed by atoms with E-state index in [1.807, 2.05) is 0 Å². The summed E-state index contributed by atoms with van der Waals surface area (Å²) in [7, 11) is 0. The van der Waals surface area contributed by atoms with Gasteiger partial charge in [-0.2, -0.15) is 0 Å². The normalized spacial score (nSPS) is 10.3. The second kappa shape index (κ2) is 7.19. The van der Waals surface area contributed by atoms with E-state index in [9.17, 15) is 9.59 Å². The summed E-state index contributed by atoms with van der Waals surface area (Å²) in [6.07, 6.45) is 3.93. The van der Waals surface area contributed by atoms with Crippen molar-refractivity contribution in [3.63, 3.8) is 0 Å². The molecule has 0 unspecified atom stereocenters. The van der Waals surface area contributed by atoms with Gasteiger partial charge in [-0.15, -0.1) is 0 Å². The van der Waals surface area contributed by atoms with Crippen molar-refractivity contribution in [1.82, 2.24) is 0 Å². The van der Waals surface area contributed by atoms with Crippen molar-refractivity contribution in [2.45, 2.75) is 6.42 Å². The highest BCUT2D eigenvalue weighted by atomic mass is 16.6. The molecule has 18 heavy (non-hydrogen) atoms. The van der Waals surface area contributed by atoms with Crippen LogP contribution in [-0.4, -0.2) is 23.5 Å². The van der Waals surface area contributed by atoms with Gasteiger partial charge in [0.15, 0.2) is 18.4 Å². The first-order valence-corrected chi connectivity index (χ1v) is 5.35. The summed E-state index contributed by atoms with van der Waals surface area (Å²) in [5.74, 6) is -0.0188. The molecule has 0 fully saturated rings. The van der Waals surface area contributed by atoms with Gasteiger partial charge in [-0.25, -0.2) is 0 Å². The number of hydrogen-bond donors (Lipinski definition) is 1. The van der Waals surface area contributed by atoms with Crippen LogP contribution in [0.5, 0.6) is 5.75 Å². The minimum absolute atomic E-state index is 0.161. The van der Waals surface area contributed by atoms with E-state index in [0.717, 1.165) is 11.6 Å². The third-order valence-corrected chi connectivity index (χ3v) is 2.15. The number of allylic oxidation sites excluding steroid dienone is 2. The maximum Gasteiger partial charge on any atom is 0.186 e. The quantitative estimate of drug-likeness (QED) is 0.452. The number of hydrogen-bond acceptors (Lipinski definition) is 4. The molecule has 4 nitrogen and oxygen atoms in total. The predicted octanol–water partition coefficient (Wildman–Crippen LogP) is 1.74. The van der Waals surface area contributed by atoms with E-state index >= 15 is 0 Å². The van der Waals surface area contributed by atoms with Gasteiger partial charge in [0.05, 0.1) is 6.42 Å². The number of rotatable bonds is 7. The Hall–Kier alpha value is -2.20. The number of ether oxygens (including phenoxy) is 1. The monoisotopic (exact) mass is 246 g/mol. The second-order valence-electron chi connectivity index (χ2n) is 3.49. The molecule has 0 atom stereocenters. The SMILES string of the molecule is C=CC(=O)CC(=O)C=Cc1ccc(OCO)cc1. The summed E-state index contributed by atoms with van der Waals surface area (Å²) in [4.78, 5) is 22.3. The highest BCUT2D eigenvalue weighted by Crippen LogP contribution is 2.12. The maximum atomic E-state index is 11.3. The first-order valence-electron chi connectivity index (χ1n) is 5.35. The molecule has 1 rings (SSSR count). The Balaban J connectivity index is 2.58. The standard InChI is InChI=1S/C14H14O4/c1-2-12(16)9-13(17)6-3-11-4-7-14(8-5-11)18-10-15/h2-8,15H,1,9-10H2. The Morgan fingerprint density at radius 2 is 1.89 bits per heavy atom. The summed E-state index contributed by atoms with van der Waals surface area (Å²) in [5, 5.41) is 8.55. The van der Waals surface area contributed by atoms with Gasteiger partial charge < -0.3 is 9.84 Å². The lowest BCUT2D eigenvalue weighted by molar-refractivity contribution is -0.121. The first-order chi connectivity index (χ1) is 8.65. The van der Waals surface area contributed by atoms with Crippen molar-refractivity contribution in [3.8, 4) is 5.75 Å². The fourth-order valence-corrected chi connectivity index (χ4v) is 1.24. The molecule has 0 bridgehead atoms. The summed E-state index contributed by atoms with van der Waals surface area (Å²) >= 11 is 0. The topological polar surface area (TPSA) is 63.6 Å². The number of carbonyl (C=O) groups is 2. The summed E-state index contributed by atoms with van der Waals surface area (Å²) < 4.78 is 4.86. The molecule has 0 aliphatic rings. The van der Waals surface area contributed by atoms with Crippen molar-refractivity contribution in [2.24, 2.45) is 0 Å². The number of benzene rings is 1. The van der Waals surface area contributed by atoms with Gasteiger partial charge in [0.1, 0.15) is 5.75 Å². The molecule has 4 heteroatoms. The third-order valence-electron chi connectivity index (χ3n) is 2.15. The predicted molar refractivity (Wildman–Crippen MR) is 68.0 cm³/mol. The van der Waals surface area contributed by atoms with Crippen LogP contribution in [0.3, 0.4) is 0 Å². The van der Waals surface area contributed by atoms with Gasteiger partial charge in [-0.05, 0) is 29.8 Å². The fraction of sp³-hybridized carbons (Fsp3) is 0.143. The molecule has 0 aliphatic heterocycles. The van der Waals surface area contributed by atoms with Crippen LogP contribution in [0, 0.1) is 0 Å². The smallest absolute Gasteiger partial charge is 0.186 e. The Kier molecular flexibility index (Phi) is 5.54. The Morgan fingerprint density at radius 3 is 2.44 bits per heavy atom. The molecule has 0 heterocycles. The maximum absolute atomic E-state index is 11.3. The molecule has 0 saturated heterocycles. The molecular weight excluding hydrogens is 232 g/mol. The van der Waals surface area contributed by atoms with E-state index in [1.54, 1.807) is 30.3 Å². The zero-order chi connectivity index (χ0) is 13.4. The number of carbonyl (C=O) groups excluding carboxylic acids is 2. The van der Waals surface area contributed by atoms with Gasteiger partial charge in [-0.3, -0.25) is 9.59 Å². The van der Waals surface area contributed by atoms with E-state index < -0.39 is 0 Å². The fourth-order valence-electron chi connectivity index (χ4n) is 1.24. The van der Waals surface area contributed by atoms with E-state index in [2.05, 4.69) is 6.58 Å². The lowest BCUT2D eigenvalue weighted by Crippen LogP contribution is -2.01. The van der Waals surface area contributed by atoms with Crippen LogP contribution < -0.4 is 4.74 Å². The van der Waals surface area contributed by atoms with Crippen molar-refractivity contribution >= 4 is 17.6 Å². The molecule has 1 N–H and O–H groups in total. The zero-order valence-corrected chi connectivity index (χ0v) is 9.83. The summed E-state index contributed by atoms with van der Waals surface area (Å²) in [6, 6.07) is 6.83. The van der Waals surface area contributed by atoms with Crippen LogP contribution in [0.1, 0.15) is 12.0 Å². The number of aliphatic hydroxyl groups excluding tert-OH is 1. The molecule has 0 radical (unpaired) electrons. The lowest BCUT2D eigenvalue weighted by Gasteiger charge is -2.01. The highest BCUT2D eigenvalue weighted by Gasteiger charge is 2.02. The molecule has 0 aromatic heterocycles. The van der Waals surface area contributed by atoms with Crippen LogP contribution in [0.2, 0.25) is 0 Å². The molecule has 0 aliphatic carbocycles. The third kappa shape index (κ3) is 4.76. The van der Waals surface area contributed by atoms with E-state index in [-0.39, 0.29) is 24.8 Å². The van der Waals surface area contributed by atoms with Gasteiger partial charge >= 0.3 is 0 Å². The van der Waals surface area contributed by atoms with Crippen LogP contribution in [0.4, 0.5) is 0 Å². The van der Waals surface area contributed by atoms with Gasteiger partial charge in [0, 0.05) is 0 Å². The lowest BCUT2D eigenvalue weighted by atomic mass is 10.1. The minimum Gasteiger partial charge on any atom is -0.468 e. The van der Waals surface area contributed by atoms with Crippen molar-refractivity contribution in [1.29, 1.82) is 0 Å². The number of ketones is 2. The Morgan fingerprint density at radius 1 is 1.22 bits per heavy atom. The van der Waals surface area contributed by atoms with Gasteiger partial charge in [0.25, 0.3) is 0 Å². The molecule has 0 amide bonds. The van der Waals surface area contributed by atoms with E-state index in [0.29, 0.717) is 5.75 Å². The van der Waals surface area contributed by atoms with Crippen LogP contribution in [-0.2, 0) is 9.59 Å². The van der Waals surface area contributed by atoms with Gasteiger partial charge in [-0.1, -0.05) is 24.8 Å². The molecule has 1 aromatic carbocycles. The zero-order valence-electron chi connectivity index (χ0n) is 9.83. The molecule has 94 valence electrons. The number of aliphatic hydroxyl groups is 1. The molecule has 1 aromatic rings. The average Bonchev–Trinajstić information content (AvgIpc) is 2.38. The Labute approximate surface area is 105 Å². The van der Waals surface area contributed by atoms with Gasteiger partial charge in [0.2, 0.25) is 0 Å². The average molecular weight is 246 g/mol. The Bertz CT molecular complexity index is 457. The van der Waals surface area contributed by atoms with E-state index in [1.165, 1.54) is 6.08 Å². The highest BCUT2D eigenvalue weighted by molar-refractivity contribution is 6.09. The molecule has 0 spiro atoms. The molecular formula is C14H14O4. The second-order valence-corrected chi connectivity index (χ2v) is 3.49. The first kappa shape index (κ1) is 13.9. The van der Waals surface area contributed by atoms with Crippen LogP contribution in [0.25, 0.3) is 6.08 Å². The van der Waals surface area contributed by atoms with Crippen molar-refractivity contribution < 1.29 is 19.4 Å². The summed E-state index contributed by atoms with van der Waals surface area (Å²) in [5.41, 5.74) is 0.805.